The SMILES string of the molecule is CC(C)Oc1ccc(CNC(=O)c2ccc(CN3CC(=O)N4CCCC[C@@H]4C3=O)cc2)cc1. The Morgan fingerprint density at radius 3 is 2.42 bits per heavy atom. The number of rotatable bonds is 7. The van der Waals surface area contributed by atoms with Crippen LogP contribution in [-0.2, 0) is 22.7 Å². The fourth-order valence-corrected chi connectivity index (χ4v) is 4.39. The Kier molecular flexibility index (Phi) is 6.96. The van der Waals surface area contributed by atoms with Gasteiger partial charge in [-0.2, -0.15) is 0 Å². The summed E-state index contributed by atoms with van der Waals surface area (Å²) in [4.78, 5) is 41.2. The Labute approximate surface area is 194 Å². The van der Waals surface area contributed by atoms with Crippen molar-refractivity contribution >= 4 is 17.7 Å². The molecule has 33 heavy (non-hydrogen) atoms. The van der Waals surface area contributed by atoms with E-state index in [1.54, 1.807) is 21.9 Å². The topological polar surface area (TPSA) is 79.0 Å². The van der Waals surface area contributed by atoms with Crippen molar-refractivity contribution in [3.8, 4) is 5.75 Å². The van der Waals surface area contributed by atoms with Crippen LogP contribution in [0.5, 0.6) is 5.75 Å². The first-order chi connectivity index (χ1) is 15.9. The highest BCUT2D eigenvalue weighted by Crippen LogP contribution is 2.24. The van der Waals surface area contributed by atoms with Crippen molar-refractivity contribution in [2.75, 3.05) is 13.1 Å². The first-order valence-electron chi connectivity index (χ1n) is 11.6. The molecule has 2 fully saturated rings. The number of carbonyl (C=O) groups excluding carboxylic acids is 3. The molecular formula is C26H31N3O4. The third-order valence-corrected chi connectivity index (χ3v) is 6.08. The number of amides is 3. The molecule has 0 radical (unpaired) electrons. The molecule has 0 bridgehead atoms. The molecule has 0 aromatic heterocycles. The van der Waals surface area contributed by atoms with Crippen LogP contribution in [0.3, 0.4) is 0 Å². The van der Waals surface area contributed by atoms with Crippen LogP contribution in [0, 0.1) is 0 Å². The molecule has 7 nitrogen and oxygen atoms in total. The number of piperazine rings is 1. The summed E-state index contributed by atoms with van der Waals surface area (Å²) in [5, 5.41) is 2.93. The van der Waals surface area contributed by atoms with Gasteiger partial charge in [0.1, 0.15) is 18.3 Å². The van der Waals surface area contributed by atoms with Gasteiger partial charge in [0.2, 0.25) is 11.8 Å². The average molecular weight is 450 g/mol. The first kappa shape index (κ1) is 22.8. The van der Waals surface area contributed by atoms with E-state index in [1.165, 1.54) is 0 Å². The van der Waals surface area contributed by atoms with Gasteiger partial charge in [0, 0.05) is 25.2 Å². The zero-order valence-corrected chi connectivity index (χ0v) is 19.3. The maximum absolute atomic E-state index is 12.8. The van der Waals surface area contributed by atoms with E-state index < -0.39 is 0 Å². The van der Waals surface area contributed by atoms with E-state index in [-0.39, 0.29) is 36.4 Å². The normalized spacial score (nSPS) is 18.3. The van der Waals surface area contributed by atoms with Gasteiger partial charge in [-0.05, 0) is 68.5 Å². The minimum absolute atomic E-state index is 0.0269. The molecule has 2 aromatic carbocycles. The van der Waals surface area contributed by atoms with Crippen molar-refractivity contribution in [1.82, 2.24) is 15.1 Å². The molecule has 1 atom stereocenters. The molecule has 4 rings (SSSR count). The highest BCUT2D eigenvalue weighted by molar-refractivity contribution is 5.95. The van der Waals surface area contributed by atoms with Crippen molar-refractivity contribution in [3.05, 3.63) is 65.2 Å². The van der Waals surface area contributed by atoms with E-state index in [2.05, 4.69) is 5.32 Å². The van der Waals surface area contributed by atoms with E-state index in [0.717, 1.165) is 36.1 Å². The Bertz CT molecular complexity index is 1000. The minimum atomic E-state index is -0.309. The molecule has 2 saturated heterocycles. The molecule has 2 heterocycles. The molecule has 174 valence electrons. The van der Waals surface area contributed by atoms with Gasteiger partial charge in [0.05, 0.1) is 6.10 Å². The van der Waals surface area contributed by atoms with Crippen molar-refractivity contribution in [1.29, 1.82) is 0 Å². The minimum Gasteiger partial charge on any atom is -0.491 e. The van der Waals surface area contributed by atoms with Gasteiger partial charge in [-0.25, -0.2) is 0 Å². The van der Waals surface area contributed by atoms with Gasteiger partial charge in [0.15, 0.2) is 0 Å². The number of benzene rings is 2. The van der Waals surface area contributed by atoms with Crippen LogP contribution in [0.15, 0.2) is 48.5 Å². The van der Waals surface area contributed by atoms with Crippen LogP contribution in [0.4, 0.5) is 0 Å². The summed E-state index contributed by atoms with van der Waals surface area (Å²) < 4.78 is 5.64. The third kappa shape index (κ3) is 5.53. The number of nitrogens with zero attached hydrogens (tertiary/aromatic N) is 2. The smallest absolute Gasteiger partial charge is 0.251 e. The van der Waals surface area contributed by atoms with E-state index >= 15 is 0 Å². The monoisotopic (exact) mass is 449 g/mol. The van der Waals surface area contributed by atoms with Crippen LogP contribution < -0.4 is 10.1 Å². The predicted molar refractivity (Wildman–Crippen MR) is 125 cm³/mol. The van der Waals surface area contributed by atoms with Crippen LogP contribution >= 0.6 is 0 Å². The molecule has 2 aliphatic rings. The predicted octanol–water partition coefficient (Wildman–Crippen LogP) is 3.13. The number of piperidine rings is 1. The maximum atomic E-state index is 12.8. The van der Waals surface area contributed by atoms with Crippen molar-refractivity contribution in [2.24, 2.45) is 0 Å². The lowest BCUT2D eigenvalue weighted by atomic mass is 9.98. The Hall–Kier alpha value is -3.35. The fourth-order valence-electron chi connectivity index (χ4n) is 4.39. The number of hydrogen-bond acceptors (Lipinski definition) is 4. The van der Waals surface area contributed by atoms with Gasteiger partial charge in [-0.1, -0.05) is 24.3 Å². The standard InChI is InChI=1S/C26H31N3O4/c1-18(2)33-22-12-8-19(9-13-22)15-27-25(31)21-10-6-20(7-11-21)16-28-17-24(30)29-14-4-3-5-23(29)26(28)32/h6-13,18,23H,3-5,14-17H2,1-2H3,(H,27,31)/t23-/m1/s1. The number of ether oxygens (including phenoxy) is 1. The zero-order chi connectivity index (χ0) is 23.4. The summed E-state index contributed by atoms with van der Waals surface area (Å²) >= 11 is 0. The number of carbonyl (C=O) groups is 3. The number of nitrogens with one attached hydrogen (secondary N) is 1. The second-order valence-electron chi connectivity index (χ2n) is 8.98. The van der Waals surface area contributed by atoms with E-state index in [4.69, 9.17) is 4.74 Å². The number of fused-ring (bicyclic) bond motifs is 1. The summed E-state index contributed by atoms with van der Waals surface area (Å²) in [6, 6.07) is 14.6. The molecule has 2 aromatic rings. The molecule has 0 spiro atoms. The lowest BCUT2D eigenvalue weighted by Gasteiger charge is -2.42. The summed E-state index contributed by atoms with van der Waals surface area (Å²) in [6.45, 7) is 5.56. The Balaban J connectivity index is 1.31. The maximum Gasteiger partial charge on any atom is 0.251 e. The highest BCUT2D eigenvalue weighted by atomic mass is 16.5. The Morgan fingerprint density at radius 2 is 1.73 bits per heavy atom. The molecule has 0 aliphatic carbocycles. The van der Waals surface area contributed by atoms with E-state index in [1.807, 2.05) is 50.2 Å². The highest BCUT2D eigenvalue weighted by Gasteiger charge is 2.40. The largest absolute Gasteiger partial charge is 0.491 e. The van der Waals surface area contributed by atoms with Gasteiger partial charge >= 0.3 is 0 Å². The lowest BCUT2D eigenvalue weighted by molar-refractivity contribution is -0.158. The van der Waals surface area contributed by atoms with Gasteiger partial charge < -0.3 is 19.9 Å². The van der Waals surface area contributed by atoms with Crippen LogP contribution in [-0.4, -0.2) is 52.8 Å². The molecule has 0 saturated carbocycles. The van der Waals surface area contributed by atoms with E-state index in [9.17, 15) is 14.4 Å². The fraction of sp³-hybridized carbons (Fsp3) is 0.423. The van der Waals surface area contributed by atoms with Gasteiger partial charge in [0.25, 0.3) is 5.91 Å². The summed E-state index contributed by atoms with van der Waals surface area (Å²) in [7, 11) is 0. The second kappa shape index (κ2) is 10.1. The van der Waals surface area contributed by atoms with Crippen molar-refractivity contribution in [2.45, 2.75) is 58.3 Å². The summed E-state index contributed by atoms with van der Waals surface area (Å²) in [5.41, 5.74) is 2.44. The second-order valence-corrected chi connectivity index (χ2v) is 8.98. The van der Waals surface area contributed by atoms with E-state index in [0.29, 0.717) is 25.2 Å². The zero-order valence-electron chi connectivity index (χ0n) is 19.3. The van der Waals surface area contributed by atoms with Crippen LogP contribution in [0.1, 0.15) is 54.6 Å². The molecule has 3 amide bonds. The van der Waals surface area contributed by atoms with Gasteiger partial charge in [-0.3, -0.25) is 14.4 Å². The molecule has 7 heteroatoms. The summed E-state index contributed by atoms with van der Waals surface area (Å²) in [5.74, 6) is 0.701. The lowest BCUT2D eigenvalue weighted by Crippen LogP contribution is -2.60. The van der Waals surface area contributed by atoms with Crippen LogP contribution in [0.25, 0.3) is 0 Å². The van der Waals surface area contributed by atoms with Crippen molar-refractivity contribution < 1.29 is 19.1 Å². The first-order valence-corrected chi connectivity index (χ1v) is 11.6. The Morgan fingerprint density at radius 1 is 1.03 bits per heavy atom. The third-order valence-electron chi connectivity index (χ3n) is 6.08. The summed E-state index contributed by atoms with van der Waals surface area (Å²) in [6.07, 6.45) is 2.81. The van der Waals surface area contributed by atoms with Gasteiger partial charge in [-0.15, -0.1) is 0 Å². The molecule has 0 unspecified atom stereocenters. The number of hydrogen-bond donors (Lipinski definition) is 1. The van der Waals surface area contributed by atoms with Crippen molar-refractivity contribution in [3.63, 3.8) is 0 Å². The molecule has 2 aliphatic heterocycles. The molecule has 1 N–H and O–H groups in total. The molecular weight excluding hydrogens is 418 g/mol. The van der Waals surface area contributed by atoms with Crippen LogP contribution in [0.2, 0.25) is 0 Å². The average Bonchev–Trinajstić information content (AvgIpc) is 2.82. The quantitative estimate of drug-likeness (QED) is 0.705.